The van der Waals surface area contributed by atoms with E-state index in [1.54, 1.807) is 36.4 Å². The van der Waals surface area contributed by atoms with E-state index in [4.69, 9.17) is 14.7 Å². The summed E-state index contributed by atoms with van der Waals surface area (Å²) in [6.45, 7) is 3.70. The quantitative estimate of drug-likeness (QED) is 0.774. The number of nitriles is 1. The van der Waals surface area contributed by atoms with E-state index in [9.17, 15) is 9.59 Å². The summed E-state index contributed by atoms with van der Waals surface area (Å²) in [5.41, 5.74) is 2.41. The van der Waals surface area contributed by atoms with Crippen LogP contribution in [0.2, 0.25) is 0 Å². The van der Waals surface area contributed by atoms with Gasteiger partial charge in [0.25, 0.3) is 5.91 Å². The first-order valence-electron chi connectivity index (χ1n) is 9.00. The van der Waals surface area contributed by atoms with Gasteiger partial charge in [-0.25, -0.2) is 4.79 Å². The van der Waals surface area contributed by atoms with Gasteiger partial charge in [-0.2, -0.15) is 5.26 Å². The molecule has 0 bridgehead atoms. The number of esters is 1. The molecule has 144 valence electrons. The molecule has 2 aromatic carbocycles. The van der Waals surface area contributed by atoms with Crippen LogP contribution in [-0.4, -0.2) is 49.7 Å². The summed E-state index contributed by atoms with van der Waals surface area (Å²) in [6.07, 6.45) is 0. The van der Waals surface area contributed by atoms with Crippen LogP contribution in [-0.2, 0) is 20.8 Å². The third-order valence-corrected chi connectivity index (χ3v) is 4.31. The second-order valence-corrected chi connectivity index (χ2v) is 6.40. The van der Waals surface area contributed by atoms with Gasteiger partial charge in [-0.15, -0.1) is 0 Å². The summed E-state index contributed by atoms with van der Waals surface area (Å²) in [6, 6.07) is 15.7. The Kier molecular flexibility index (Phi) is 6.73. The van der Waals surface area contributed by atoms with Gasteiger partial charge in [-0.05, 0) is 35.9 Å². The van der Waals surface area contributed by atoms with Crippen molar-refractivity contribution in [2.75, 3.05) is 38.2 Å². The number of hydrogen-bond donors (Lipinski definition) is 1. The lowest BCUT2D eigenvalue weighted by Crippen LogP contribution is -2.35. The number of nitrogens with zero attached hydrogens (tertiary/aromatic N) is 2. The fourth-order valence-corrected chi connectivity index (χ4v) is 2.84. The molecule has 0 radical (unpaired) electrons. The summed E-state index contributed by atoms with van der Waals surface area (Å²) in [5.74, 6) is -1.02. The lowest BCUT2D eigenvalue weighted by Gasteiger charge is -2.26. The minimum atomic E-state index is -0.557. The number of amides is 1. The molecule has 0 saturated carbocycles. The number of nitrogens with one attached hydrogen (secondary N) is 1. The Labute approximate surface area is 163 Å². The van der Waals surface area contributed by atoms with Crippen molar-refractivity contribution >= 4 is 17.6 Å². The molecule has 0 aromatic heterocycles. The number of anilines is 1. The standard InChI is InChI=1S/C21H21N3O4/c22-13-17-2-1-3-19(12-17)23-20(25)15-28-21(26)18-6-4-16(5-7-18)14-24-8-10-27-11-9-24/h1-7,12H,8-11,14-15H2,(H,23,25). The SMILES string of the molecule is N#Cc1cccc(NC(=O)COC(=O)c2ccc(CN3CCOCC3)cc2)c1. The van der Waals surface area contributed by atoms with E-state index in [0.717, 1.165) is 38.4 Å². The van der Waals surface area contributed by atoms with Crippen molar-refractivity contribution in [3.05, 3.63) is 65.2 Å². The molecular formula is C21H21N3O4. The van der Waals surface area contributed by atoms with Gasteiger partial charge in [0.05, 0.1) is 30.4 Å². The maximum absolute atomic E-state index is 12.1. The Morgan fingerprint density at radius 2 is 1.89 bits per heavy atom. The molecule has 1 saturated heterocycles. The Morgan fingerprint density at radius 3 is 2.61 bits per heavy atom. The largest absolute Gasteiger partial charge is 0.452 e. The second-order valence-electron chi connectivity index (χ2n) is 6.40. The van der Waals surface area contributed by atoms with Gasteiger partial charge in [-0.1, -0.05) is 18.2 Å². The Hall–Kier alpha value is -3.21. The maximum Gasteiger partial charge on any atom is 0.338 e. The molecule has 1 aliphatic heterocycles. The van der Waals surface area contributed by atoms with Gasteiger partial charge < -0.3 is 14.8 Å². The molecule has 0 unspecified atom stereocenters. The highest BCUT2D eigenvalue weighted by Crippen LogP contribution is 2.11. The molecule has 7 heteroatoms. The lowest BCUT2D eigenvalue weighted by molar-refractivity contribution is -0.119. The van der Waals surface area contributed by atoms with Crippen molar-refractivity contribution in [3.63, 3.8) is 0 Å². The van der Waals surface area contributed by atoms with Crippen LogP contribution >= 0.6 is 0 Å². The summed E-state index contributed by atoms with van der Waals surface area (Å²) >= 11 is 0. The third kappa shape index (κ3) is 5.64. The van der Waals surface area contributed by atoms with Crippen LogP contribution in [0.4, 0.5) is 5.69 Å². The molecule has 2 aromatic rings. The molecule has 0 atom stereocenters. The average Bonchev–Trinajstić information content (AvgIpc) is 2.73. The van der Waals surface area contributed by atoms with Crippen molar-refractivity contribution in [2.45, 2.75) is 6.54 Å². The van der Waals surface area contributed by atoms with Crippen molar-refractivity contribution in [1.29, 1.82) is 5.26 Å². The topological polar surface area (TPSA) is 91.7 Å². The molecular weight excluding hydrogens is 358 g/mol. The van der Waals surface area contributed by atoms with Crippen LogP contribution in [0.25, 0.3) is 0 Å². The van der Waals surface area contributed by atoms with E-state index in [1.807, 2.05) is 18.2 Å². The molecule has 1 amide bonds. The van der Waals surface area contributed by atoms with Crippen LogP contribution in [0.1, 0.15) is 21.5 Å². The molecule has 1 fully saturated rings. The number of morpholine rings is 1. The minimum absolute atomic E-state index is 0.394. The smallest absolute Gasteiger partial charge is 0.338 e. The highest BCUT2D eigenvalue weighted by Gasteiger charge is 2.13. The first-order valence-corrected chi connectivity index (χ1v) is 9.00. The van der Waals surface area contributed by atoms with E-state index in [0.29, 0.717) is 16.8 Å². The number of carbonyl (C=O) groups is 2. The van der Waals surface area contributed by atoms with Gasteiger partial charge in [0, 0.05) is 25.3 Å². The minimum Gasteiger partial charge on any atom is -0.452 e. The predicted molar refractivity (Wildman–Crippen MR) is 103 cm³/mol. The van der Waals surface area contributed by atoms with Crippen LogP contribution in [0.15, 0.2) is 48.5 Å². The maximum atomic E-state index is 12.1. The van der Waals surface area contributed by atoms with Gasteiger partial charge in [-0.3, -0.25) is 9.69 Å². The lowest BCUT2D eigenvalue weighted by atomic mass is 10.1. The molecule has 7 nitrogen and oxygen atoms in total. The molecule has 1 aliphatic rings. The Bertz CT molecular complexity index is 868. The van der Waals surface area contributed by atoms with Crippen LogP contribution in [0, 0.1) is 11.3 Å². The summed E-state index contributed by atoms with van der Waals surface area (Å²) in [7, 11) is 0. The van der Waals surface area contributed by atoms with E-state index < -0.39 is 18.5 Å². The zero-order valence-electron chi connectivity index (χ0n) is 15.4. The molecule has 0 spiro atoms. The van der Waals surface area contributed by atoms with Crippen molar-refractivity contribution in [3.8, 4) is 6.07 Å². The van der Waals surface area contributed by atoms with Gasteiger partial charge in [0.1, 0.15) is 0 Å². The molecule has 3 rings (SSSR count). The number of rotatable bonds is 6. The normalized spacial score (nSPS) is 14.1. The number of carbonyl (C=O) groups excluding carboxylic acids is 2. The fourth-order valence-electron chi connectivity index (χ4n) is 2.84. The van der Waals surface area contributed by atoms with Crippen LogP contribution in [0.3, 0.4) is 0 Å². The van der Waals surface area contributed by atoms with Crippen LogP contribution in [0.5, 0.6) is 0 Å². The van der Waals surface area contributed by atoms with Crippen molar-refractivity contribution in [1.82, 2.24) is 4.90 Å². The van der Waals surface area contributed by atoms with Crippen molar-refractivity contribution < 1.29 is 19.1 Å². The fraction of sp³-hybridized carbons (Fsp3) is 0.286. The van der Waals surface area contributed by atoms with E-state index in [-0.39, 0.29) is 0 Å². The molecule has 1 N–H and O–H groups in total. The van der Waals surface area contributed by atoms with Crippen LogP contribution < -0.4 is 5.32 Å². The van der Waals surface area contributed by atoms with Gasteiger partial charge in [0.2, 0.25) is 0 Å². The Balaban J connectivity index is 1.47. The van der Waals surface area contributed by atoms with Gasteiger partial charge >= 0.3 is 5.97 Å². The molecule has 1 heterocycles. The zero-order chi connectivity index (χ0) is 19.8. The highest BCUT2D eigenvalue weighted by atomic mass is 16.5. The van der Waals surface area contributed by atoms with Gasteiger partial charge in [0.15, 0.2) is 6.61 Å². The van der Waals surface area contributed by atoms with E-state index in [2.05, 4.69) is 10.2 Å². The van der Waals surface area contributed by atoms with E-state index in [1.165, 1.54) is 0 Å². The number of hydrogen-bond acceptors (Lipinski definition) is 6. The molecule has 0 aliphatic carbocycles. The summed E-state index contributed by atoms with van der Waals surface area (Å²) < 4.78 is 10.4. The van der Waals surface area contributed by atoms with Crippen molar-refractivity contribution in [2.24, 2.45) is 0 Å². The first kappa shape index (κ1) is 19.5. The highest BCUT2D eigenvalue weighted by molar-refractivity contribution is 5.95. The molecule has 28 heavy (non-hydrogen) atoms. The first-order chi connectivity index (χ1) is 13.6. The zero-order valence-corrected chi connectivity index (χ0v) is 15.4. The van der Waals surface area contributed by atoms with E-state index >= 15 is 0 Å². The third-order valence-electron chi connectivity index (χ3n) is 4.31. The Morgan fingerprint density at radius 1 is 1.14 bits per heavy atom. The monoisotopic (exact) mass is 379 g/mol. The predicted octanol–water partition coefficient (Wildman–Crippen LogP) is 2.19. The second kappa shape index (κ2) is 9.65. The average molecular weight is 379 g/mol. The number of ether oxygens (including phenoxy) is 2. The summed E-state index contributed by atoms with van der Waals surface area (Å²) in [5, 5.41) is 11.5. The number of benzene rings is 2. The summed E-state index contributed by atoms with van der Waals surface area (Å²) in [4.78, 5) is 26.4.